The fourth-order valence-electron chi connectivity index (χ4n) is 2.11. The molecule has 0 aromatic heterocycles. The van der Waals surface area contributed by atoms with Gasteiger partial charge in [-0.1, -0.05) is 0 Å². The molecule has 100 valence electrons. The highest BCUT2D eigenvalue weighted by Crippen LogP contribution is 2.40. The zero-order chi connectivity index (χ0) is 13.4. The summed E-state index contributed by atoms with van der Waals surface area (Å²) < 4.78 is 10.8. The minimum Gasteiger partial charge on any atom is -0.486 e. The maximum atomic E-state index is 11.8. The summed E-state index contributed by atoms with van der Waals surface area (Å²) in [6, 6.07) is 5.12. The Bertz CT molecular complexity index is 542. The number of carbonyl (C=O) groups excluding carboxylic acids is 1. The van der Waals surface area contributed by atoms with Gasteiger partial charge in [0.05, 0.1) is 11.8 Å². The zero-order valence-corrected chi connectivity index (χ0v) is 10.1. The summed E-state index contributed by atoms with van der Waals surface area (Å²) in [4.78, 5) is 22.5. The maximum Gasteiger partial charge on any atom is 0.307 e. The van der Waals surface area contributed by atoms with E-state index < -0.39 is 17.8 Å². The number of aliphatic carboxylic acids is 1. The first kappa shape index (κ1) is 11.8. The highest BCUT2D eigenvalue weighted by molar-refractivity contribution is 5.98. The summed E-state index contributed by atoms with van der Waals surface area (Å²) in [5.74, 6) is -0.900. The molecule has 3 rings (SSSR count). The third-order valence-corrected chi connectivity index (χ3v) is 3.25. The molecule has 1 heterocycles. The van der Waals surface area contributed by atoms with Crippen LogP contribution in [0.25, 0.3) is 0 Å². The topological polar surface area (TPSA) is 84.9 Å². The van der Waals surface area contributed by atoms with Crippen molar-refractivity contribution in [2.24, 2.45) is 11.8 Å². The normalized spacial score (nSPS) is 23.6. The molecule has 0 bridgehead atoms. The van der Waals surface area contributed by atoms with Gasteiger partial charge in [-0.2, -0.15) is 0 Å². The van der Waals surface area contributed by atoms with Gasteiger partial charge in [0.2, 0.25) is 5.91 Å². The Morgan fingerprint density at radius 3 is 2.58 bits per heavy atom. The zero-order valence-electron chi connectivity index (χ0n) is 10.1. The van der Waals surface area contributed by atoms with Crippen LogP contribution in [0.5, 0.6) is 11.5 Å². The Labute approximate surface area is 109 Å². The predicted octanol–water partition coefficient (Wildman–Crippen LogP) is 1.12. The lowest BCUT2D eigenvalue weighted by Gasteiger charge is -2.19. The summed E-state index contributed by atoms with van der Waals surface area (Å²) in [6.07, 6.45) is 0.408. The van der Waals surface area contributed by atoms with Crippen molar-refractivity contribution in [2.75, 3.05) is 18.5 Å². The third-order valence-electron chi connectivity index (χ3n) is 3.25. The lowest BCUT2D eigenvalue weighted by Crippen LogP contribution is -2.18. The number of nitrogens with one attached hydrogen (secondary N) is 1. The number of ether oxygens (including phenoxy) is 2. The van der Waals surface area contributed by atoms with Crippen molar-refractivity contribution in [3.05, 3.63) is 18.2 Å². The van der Waals surface area contributed by atoms with E-state index in [0.717, 1.165) is 0 Å². The van der Waals surface area contributed by atoms with Crippen molar-refractivity contribution in [1.82, 2.24) is 0 Å². The molecule has 19 heavy (non-hydrogen) atoms. The summed E-state index contributed by atoms with van der Waals surface area (Å²) >= 11 is 0. The van der Waals surface area contributed by atoms with E-state index in [2.05, 4.69) is 5.32 Å². The Morgan fingerprint density at radius 2 is 1.89 bits per heavy atom. The van der Waals surface area contributed by atoms with Crippen LogP contribution in [0.2, 0.25) is 0 Å². The van der Waals surface area contributed by atoms with Crippen LogP contribution >= 0.6 is 0 Å². The molecule has 1 aromatic rings. The lowest BCUT2D eigenvalue weighted by atomic mass is 10.2. The second-order valence-corrected chi connectivity index (χ2v) is 4.63. The number of anilines is 1. The molecule has 1 amide bonds. The van der Waals surface area contributed by atoms with E-state index in [1.54, 1.807) is 18.2 Å². The van der Waals surface area contributed by atoms with E-state index in [1.165, 1.54) is 0 Å². The summed E-state index contributed by atoms with van der Waals surface area (Å²) in [7, 11) is 0. The van der Waals surface area contributed by atoms with Crippen molar-refractivity contribution in [2.45, 2.75) is 6.42 Å². The largest absolute Gasteiger partial charge is 0.486 e. The van der Waals surface area contributed by atoms with Crippen molar-refractivity contribution in [3.63, 3.8) is 0 Å². The monoisotopic (exact) mass is 263 g/mol. The Morgan fingerprint density at radius 1 is 1.16 bits per heavy atom. The molecule has 1 fully saturated rings. The number of fused-ring (bicyclic) bond motifs is 1. The first-order valence-electron chi connectivity index (χ1n) is 6.08. The van der Waals surface area contributed by atoms with E-state index in [0.29, 0.717) is 36.8 Å². The van der Waals surface area contributed by atoms with Crippen LogP contribution in [0.1, 0.15) is 6.42 Å². The second kappa shape index (κ2) is 4.46. The average Bonchev–Trinajstić information content (AvgIpc) is 3.19. The van der Waals surface area contributed by atoms with Crippen LogP contribution in [-0.2, 0) is 9.59 Å². The summed E-state index contributed by atoms with van der Waals surface area (Å²) in [6.45, 7) is 0.995. The van der Waals surface area contributed by atoms with Crippen molar-refractivity contribution >= 4 is 17.6 Å². The van der Waals surface area contributed by atoms with Gasteiger partial charge in [-0.05, 0) is 18.6 Å². The summed E-state index contributed by atoms with van der Waals surface area (Å²) in [5.41, 5.74) is 0.588. The van der Waals surface area contributed by atoms with Gasteiger partial charge in [-0.3, -0.25) is 9.59 Å². The Kier molecular flexibility index (Phi) is 2.77. The van der Waals surface area contributed by atoms with Gasteiger partial charge in [0, 0.05) is 11.8 Å². The SMILES string of the molecule is O=C(O)[C@H]1C[C@H]1C(=O)Nc1ccc2c(c1)OCCO2. The predicted molar refractivity (Wildman–Crippen MR) is 65.3 cm³/mol. The first-order valence-corrected chi connectivity index (χ1v) is 6.08. The second-order valence-electron chi connectivity index (χ2n) is 4.63. The van der Waals surface area contributed by atoms with Crippen molar-refractivity contribution in [1.29, 1.82) is 0 Å². The Balaban J connectivity index is 1.67. The molecule has 1 saturated carbocycles. The Hall–Kier alpha value is -2.24. The molecule has 2 N–H and O–H groups in total. The van der Waals surface area contributed by atoms with Gasteiger partial charge in [0.25, 0.3) is 0 Å². The number of hydrogen-bond acceptors (Lipinski definition) is 4. The molecule has 6 nitrogen and oxygen atoms in total. The number of rotatable bonds is 3. The van der Waals surface area contributed by atoms with Gasteiger partial charge in [0.15, 0.2) is 11.5 Å². The number of carbonyl (C=O) groups is 2. The molecule has 0 spiro atoms. The van der Waals surface area contributed by atoms with Crippen LogP contribution in [0.4, 0.5) is 5.69 Å². The number of amides is 1. The fraction of sp³-hybridized carbons (Fsp3) is 0.385. The van der Waals surface area contributed by atoms with Gasteiger partial charge in [0.1, 0.15) is 13.2 Å². The smallest absolute Gasteiger partial charge is 0.307 e. The van der Waals surface area contributed by atoms with Crippen molar-refractivity contribution < 1.29 is 24.2 Å². The van der Waals surface area contributed by atoms with E-state index in [1.807, 2.05) is 0 Å². The molecule has 2 atom stereocenters. The van der Waals surface area contributed by atoms with Crippen LogP contribution < -0.4 is 14.8 Å². The van der Waals surface area contributed by atoms with E-state index in [9.17, 15) is 9.59 Å². The first-order chi connectivity index (χ1) is 9.15. The number of hydrogen-bond donors (Lipinski definition) is 2. The van der Waals surface area contributed by atoms with Crippen LogP contribution in [0.15, 0.2) is 18.2 Å². The maximum absolute atomic E-state index is 11.8. The molecule has 0 radical (unpaired) electrons. The highest BCUT2D eigenvalue weighted by Gasteiger charge is 2.48. The molecular formula is C13H13NO5. The molecule has 6 heteroatoms. The molecule has 1 aliphatic heterocycles. The average molecular weight is 263 g/mol. The van der Waals surface area contributed by atoms with E-state index >= 15 is 0 Å². The third kappa shape index (κ3) is 2.33. The number of benzene rings is 1. The van der Waals surface area contributed by atoms with Gasteiger partial charge >= 0.3 is 5.97 Å². The van der Waals surface area contributed by atoms with Gasteiger partial charge in [-0.15, -0.1) is 0 Å². The van der Waals surface area contributed by atoms with Crippen LogP contribution in [-0.4, -0.2) is 30.2 Å². The molecule has 2 aliphatic rings. The quantitative estimate of drug-likeness (QED) is 0.853. The minimum atomic E-state index is -0.915. The number of carboxylic acids is 1. The molecule has 1 aliphatic carbocycles. The molecule has 1 aromatic carbocycles. The highest BCUT2D eigenvalue weighted by atomic mass is 16.6. The number of carboxylic acid groups (broad SMARTS) is 1. The lowest BCUT2D eigenvalue weighted by molar-refractivity contribution is -0.139. The van der Waals surface area contributed by atoms with Crippen LogP contribution in [0.3, 0.4) is 0 Å². The summed E-state index contributed by atoms with van der Waals surface area (Å²) in [5, 5.41) is 11.5. The molecule has 0 unspecified atom stereocenters. The minimum absolute atomic E-state index is 0.260. The van der Waals surface area contributed by atoms with Crippen LogP contribution in [0, 0.1) is 11.8 Å². The fourth-order valence-corrected chi connectivity index (χ4v) is 2.11. The molecule has 0 saturated heterocycles. The van der Waals surface area contributed by atoms with Gasteiger partial charge in [-0.25, -0.2) is 0 Å². The van der Waals surface area contributed by atoms with Crippen molar-refractivity contribution in [3.8, 4) is 11.5 Å². The van der Waals surface area contributed by atoms with Gasteiger partial charge < -0.3 is 19.9 Å². The van der Waals surface area contributed by atoms with E-state index in [-0.39, 0.29) is 5.91 Å². The standard InChI is InChI=1S/C13H13NO5/c15-12(8-6-9(8)13(16)17)14-7-1-2-10-11(5-7)19-4-3-18-10/h1-2,5,8-9H,3-4,6H2,(H,14,15)(H,16,17)/t8-,9+/m1/s1. The van der Waals surface area contributed by atoms with E-state index in [4.69, 9.17) is 14.6 Å². The molecular weight excluding hydrogens is 250 g/mol.